The molecule has 0 bridgehead atoms. The van der Waals surface area contributed by atoms with Gasteiger partial charge in [-0.3, -0.25) is 0 Å². The zero-order valence-electron chi connectivity index (χ0n) is 12.0. The van der Waals surface area contributed by atoms with Crippen LogP contribution in [0.15, 0.2) is 33.6 Å². The number of thioether (sulfide) groups is 1. The molecular weight excluding hydrogens is 294 g/mol. The quantitative estimate of drug-likeness (QED) is 0.515. The summed E-state index contributed by atoms with van der Waals surface area (Å²) in [5, 5.41) is 9.24. The first-order valence-electron chi connectivity index (χ1n) is 6.23. The van der Waals surface area contributed by atoms with Crippen molar-refractivity contribution in [1.82, 2.24) is 0 Å². The third-order valence-corrected chi connectivity index (χ3v) is 4.63. The molecule has 0 fully saturated rings. The number of nitrogens with zero attached hydrogens (tertiary/aromatic N) is 1. The lowest BCUT2D eigenvalue weighted by molar-refractivity contribution is -0.129. The molecule has 0 spiro atoms. The molecule has 4 nitrogen and oxygen atoms in total. The van der Waals surface area contributed by atoms with E-state index in [0.29, 0.717) is 5.56 Å². The van der Waals surface area contributed by atoms with Crippen LogP contribution in [-0.4, -0.2) is 31.8 Å². The number of aliphatic carboxylic acids is 1. The monoisotopic (exact) mass is 313 g/mol. The third-order valence-electron chi connectivity index (χ3n) is 2.34. The molecule has 0 aromatic heterocycles. The maximum absolute atomic E-state index is 12.0. The Morgan fingerprint density at radius 1 is 1.35 bits per heavy atom. The van der Waals surface area contributed by atoms with E-state index in [4.69, 9.17) is 0 Å². The molecule has 1 N–H and O–H groups in total. The number of carboxylic acids is 1. The van der Waals surface area contributed by atoms with Crippen LogP contribution in [0.25, 0.3) is 0 Å². The normalized spacial score (nSPS) is 14.2. The summed E-state index contributed by atoms with van der Waals surface area (Å²) in [6.45, 7) is 7.32. The molecule has 0 saturated heterocycles. The van der Waals surface area contributed by atoms with Crippen LogP contribution in [0.5, 0.6) is 0 Å². The van der Waals surface area contributed by atoms with E-state index in [9.17, 15) is 14.5 Å². The summed E-state index contributed by atoms with van der Waals surface area (Å²) in [6, 6.07) is 7.10. The molecule has 1 aromatic rings. The Kier molecular flexibility index (Phi) is 6.10. The van der Waals surface area contributed by atoms with Gasteiger partial charge in [0.05, 0.1) is 0 Å². The Hall–Kier alpha value is -0.980. The fraction of sp³-hybridized carbons (Fsp3) is 0.429. The molecule has 0 aliphatic heterocycles. The summed E-state index contributed by atoms with van der Waals surface area (Å²) in [4.78, 5) is 12.4. The predicted octanol–water partition coefficient (Wildman–Crippen LogP) is 3.13. The average molecular weight is 313 g/mol. The smallest absolute Gasteiger partial charge is 0.359 e. The lowest BCUT2D eigenvalue weighted by atomic mass is 10.1. The Morgan fingerprint density at radius 3 is 2.30 bits per heavy atom. The van der Waals surface area contributed by atoms with Crippen molar-refractivity contribution in [2.24, 2.45) is 4.40 Å². The van der Waals surface area contributed by atoms with E-state index in [1.165, 1.54) is 0 Å². The van der Waals surface area contributed by atoms with Crippen molar-refractivity contribution in [1.29, 1.82) is 0 Å². The van der Waals surface area contributed by atoms with Crippen LogP contribution in [0, 0.1) is 0 Å². The first-order chi connectivity index (χ1) is 9.25. The number of benzene rings is 1. The molecule has 0 heterocycles. The number of hydrogen-bond acceptors (Lipinski definition) is 4. The summed E-state index contributed by atoms with van der Waals surface area (Å²) in [5.74, 6) is -0.216. The van der Waals surface area contributed by atoms with Gasteiger partial charge in [0, 0.05) is 10.5 Å². The molecule has 0 aliphatic rings. The van der Waals surface area contributed by atoms with Crippen molar-refractivity contribution in [3.63, 3.8) is 0 Å². The van der Waals surface area contributed by atoms with E-state index in [1.807, 2.05) is 12.1 Å². The zero-order chi connectivity index (χ0) is 15.3. The van der Waals surface area contributed by atoms with Gasteiger partial charge in [-0.15, -0.1) is 11.8 Å². The van der Waals surface area contributed by atoms with Gasteiger partial charge in [-0.1, -0.05) is 23.5 Å². The van der Waals surface area contributed by atoms with E-state index in [2.05, 4.69) is 11.3 Å². The van der Waals surface area contributed by atoms with Crippen LogP contribution in [0.2, 0.25) is 0 Å². The summed E-state index contributed by atoms with van der Waals surface area (Å²) in [6.07, 6.45) is 0. The molecule has 20 heavy (non-hydrogen) atoms. The van der Waals surface area contributed by atoms with Gasteiger partial charge in [0.25, 0.3) is 0 Å². The average Bonchev–Trinajstić information content (AvgIpc) is 2.35. The molecule has 1 atom stereocenters. The Bertz CT molecular complexity index is 492. The third kappa shape index (κ3) is 4.85. The van der Waals surface area contributed by atoms with Gasteiger partial charge in [0.1, 0.15) is 16.1 Å². The molecule has 0 unspecified atom stereocenters. The van der Waals surface area contributed by atoms with Crippen LogP contribution >= 0.6 is 11.8 Å². The molecule has 1 rings (SSSR count). The summed E-state index contributed by atoms with van der Waals surface area (Å²) < 4.78 is 15.3. The predicted molar refractivity (Wildman–Crippen MR) is 84.9 cm³/mol. The first kappa shape index (κ1) is 17.1. The van der Waals surface area contributed by atoms with Crippen LogP contribution in [0.4, 0.5) is 0 Å². The van der Waals surface area contributed by atoms with Crippen molar-refractivity contribution in [3.8, 4) is 0 Å². The summed E-state index contributed by atoms with van der Waals surface area (Å²) >= 11 is 0.0797. The number of carbonyl (C=O) groups is 1. The first-order valence-corrected chi connectivity index (χ1v) is 8.32. The van der Waals surface area contributed by atoms with Crippen molar-refractivity contribution < 1.29 is 14.5 Å². The van der Waals surface area contributed by atoms with Gasteiger partial charge in [-0.05, 0) is 38.7 Å². The van der Waals surface area contributed by atoms with Gasteiger partial charge < -0.3 is 9.66 Å². The van der Waals surface area contributed by atoms with Gasteiger partial charge in [-0.2, -0.15) is 0 Å². The minimum Gasteiger partial charge on any atom is -0.591 e. The maximum atomic E-state index is 12.0. The maximum Gasteiger partial charge on any atom is 0.359 e. The minimum absolute atomic E-state index is 0.161. The lowest BCUT2D eigenvalue weighted by Gasteiger charge is -2.18. The van der Waals surface area contributed by atoms with Gasteiger partial charge >= 0.3 is 5.97 Å². The molecule has 0 saturated carbocycles. The van der Waals surface area contributed by atoms with E-state index < -0.39 is 22.1 Å². The van der Waals surface area contributed by atoms with Crippen molar-refractivity contribution in [2.45, 2.75) is 37.3 Å². The van der Waals surface area contributed by atoms with Crippen molar-refractivity contribution in [3.05, 3.63) is 29.8 Å². The van der Waals surface area contributed by atoms with Crippen LogP contribution in [0.3, 0.4) is 0 Å². The fourth-order valence-electron chi connectivity index (χ4n) is 1.31. The SMILES string of the molecule is CCSc1ccc(C(=N[S@+]([O-])C(C)(C)C)C(=O)O)cc1. The fourth-order valence-corrected chi connectivity index (χ4v) is 2.60. The van der Waals surface area contributed by atoms with Gasteiger partial charge in [-0.25, -0.2) is 4.79 Å². The van der Waals surface area contributed by atoms with Gasteiger partial charge in [0.15, 0.2) is 0 Å². The molecular formula is C14H19NO3S2. The highest BCUT2D eigenvalue weighted by molar-refractivity contribution is 7.99. The Labute approximate surface area is 127 Å². The zero-order valence-corrected chi connectivity index (χ0v) is 13.7. The second kappa shape index (κ2) is 7.15. The molecule has 110 valence electrons. The number of carboxylic acid groups (broad SMARTS) is 1. The van der Waals surface area contributed by atoms with E-state index in [1.54, 1.807) is 44.7 Å². The van der Waals surface area contributed by atoms with Gasteiger partial charge in [0.2, 0.25) is 5.71 Å². The highest BCUT2D eigenvalue weighted by Crippen LogP contribution is 2.21. The summed E-state index contributed by atoms with van der Waals surface area (Å²) in [7, 11) is 0. The van der Waals surface area contributed by atoms with Crippen molar-refractivity contribution >= 4 is 34.8 Å². The Balaban J connectivity index is 3.08. The summed E-state index contributed by atoms with van der Waals surface area (Å²) in [5.41, 5.74) is 0.307. The van der Waals surface area contributed by atoms with Crippen LogP contribution < -0.4 is 0 Å². The van der Waals surface area contributed by atoms with E-state index in [0.717, 1.165) is 10.6 Å². The van der Waals surface area contributed by atoms with Crippen molar-refractivity contribution in [2.75, 3.05) is 5.75 Å². The van der Waals surface area contributed by atoms with E-state index in [-0.39, 0.29) is 5.71 Å². The second-order valence-electron chi connectivity index (χ2n) is 5.06. The minimum atomic E-state index is -1.60. The van der Waals surface area contributed by atoms with E-state index >= 15 is 0 Å². The van der Waals surface area contributed by atoms with Crippen LogP contribution in [-0.2, 0) is 16.2 Å². The molecule has 6 heteroatoms. The number of rotatable bonds is 5. The van der Waals surface area contributed by atoms with Crippen LogP contribution in [0.1, 0.15) is 33.3 Å². The standard InChI is InChI=1S/C14H19NO3S2/c1-5-19-11-8-6-10(7-9-11)12(13(16)17)15-20(18)14(2,3)4/h6-9H,5H2,1-4H3,(H,16,17)/t20-/m1/s1. The highest BCUT2D eigenvalue weighted by atomic mass is 32.2. The highest BCUT2D eigenvalue weighted by Gasteiger charge is 2.29. The molecule has 0 aliphatic carbocycles. The largest absolute Gasteiger partial charge is 0.591 e. The molecule has 0 amide bonds. The Morgan fingerprint density at radius 2 is 1.90 bits per heavy atom. The number of hydrogen-bond donors (Lipinski definition) is 1. The second-order valence-corrected chi connectivity index (χ2v) is 8.31. The molecule has 0 radical (unpaired) electrons. The topological polar surface area (TPSA) is 72.7 Å². The lowest BCUT2D eigenvalue weighted by Crippen LogP contribution is -2.28. The molecule has 1 aromatic carbocycles.